The molecule has 0 aliphatic carbocycles. The molecule has 8 heteroatoms. The lowest BCUT2D eigenvalue weighted by atomic mass is 10.1. The summed E-state index contributed by atoms with van der Waals surface area (Å²) in [4.78, 5) is 35.9. The number of aromatic amines is 1. The number of H-pyrrole nitrogens is 1. The van der Waals surface area contributed by atoms with Gasteiger partial charge in [-0.3, -0.25) is 19.6 Å². The molecule has 1 amide bonds. The summed E-state index contributed by atoms with van der Waals surface area (Å²) in [7, 11) is 1.56. The summed E-state index contributed by atoms with van der Waals surface area (Å²) in [6.07, 6.45) is 0. The number of anilines is 1. The molecule has 8 nitrogen and oxygen atoms in total. The number of para-hydroxylation sites is 2. The number of rotatable bonds is 5. The van der Waals surface area contributed by atoms with Crippen molar-refractivity contribution >= 4 is 17.4 Å². The van der Waals surface area contributed by atoms with E-state index in [1.165, 1.54) is 10.6 Å². The van der Waals surface area contributed by atoms with Gasteiger partial charge < -0.3 is 4.74 Å². The third-order valence-electron chi connectivity index (χ3n) is 4.73. The number of aromatic nitrogens is 4. The molecule has 2 aromatic heterocycles. The molecule has 0 fully saturated rings. The van der Waals surface area contributed by atoms with Crippen LogP contribution in [0.2, 0.25) is 0 Å². The molecule has 0 bridgehead atoms. The molecule has 1 N–H and O–H groups in total. The third-order valence-corrected chi connectivity index (χ3v) is 4.73. The first kappa shape index (κ1) is 19.4. The van der Waals surface area contributed by atoms with Gasteiger partial charge in [-0.15, -0.1) is 0 Å². The molecule has 0 aliphatic heterocycles. The summed E-state index contributed by atoms with van der Waals surface area (Å²) < 4.78 is 6.73. The lowest BCUT2D eigenvalue weighted by Crippen LogP contribution is -2.31. The molecule has 4 rings (SSSR count). The van der Waals surface area contributed by atoms with E-state index in [1.807, 2.05) is 37.3 Å². The van der Waals surface area contributed by atoms with Crippen molar-refractivity contribution < 1.29 is 9.53 Å². The Morgan fingerprint density at radius 2 is 1.83 bits per heavy atom. The maximum absolute atomic E-state index is 13.4. The average Bonchev–Trinajstić information content (AvgIpc) is 3.15. The maximum atomic E-state index is 13.4. The van der Waals surface area contributed by atoms with Gasteiger partial charge in [0.05, 0.1) is 19.3 Å². The molecular formula is C22H21N5O3. The van der Waals surface area contributed by atoms with Gasteiger partial charge in [0, 0.05) is 17.3 Å². The first-order chi connectivity index (χ1) is 14.5. The molecule has 152 valence electrons. The van der Waals surface area contributed by atoms with Crippen LogP contribution in [0.25, 0.3) is 5.78 Å². The van der Waals surface area contributed by atoms with Crippen LogP contribution in [0.4, 0.5) is 5.69 Å². The lowest BCUT2D eigenvalue weighted by molar-refractivity contribution is 0.0983. The number of hydrogen-bond acceptors (Lipinski definition) is 5. The number of benzene rings is 2. The standard InChI is InChI=1S/C22H21N5O3/c1-14-8-10-16(11-9-14)21(29)26(17-6-4-5-7-18(17)30-3)13-19-24-22-23-15(2)12-20(28)27(22)25-19/h4-12H,13H2,1-3H3,(H,23,24,25). The van der Waals surface area contributed by atoms with Gasteiger partial charge in [-0.2, -0.15) is 9.50 Å². The zero-order valence-electron chi connectivity index (χ0n) is 16.9. The highest BCUT2D eigenvalue weighted by Crippen LogP contribution is 2.30. The number of hydrogen-bond donors (Lipinski definition) is 1. The number of carbonyl (C=O) groups excluding carboxylic acids is 1. The highest BCUT2D eigenvalue weighted by molar-refractivity contribution is 6.06. The zero-order chi connectivity index (χ0) is 21.3. The Hall–Kier alpha value is -3.94. The fourth-order valence-corrected chi connectivity index (χ4v) is 3.23. The predicted octanol–water partition coefficient (Wildman–Crippen LogP) is 2.89. The van der Waals surface area contributed by atoms with E-state index < -0.39 is 0 Å². The average molecular weight is 403 g/mol. The minimum atomic E-state index is -0.259. The fourth-order valence-electron chi connectivity index (χ4n) is 3.23. The summed E-state index contributed by atoms with van der Waals surface area (Å²) >= 11 is 0. The number of aryl methyl sites for hydroxylation is 2. The Kier molecular flexibility index (Phi) is 5.05. The first-order valence-corrected chi connectivity index (χ1v) is 9.43. The summed E-state index contributed by atoms with van der Waals surface area (Å²) in [6, 6.07) is 16.0. The summed E-state index contributed by atoms with van der Waals surface area (Å²) in [6.45, 7) is 3.81. The fraction of sp³-hybridized carbons (Fsp3) is 0.182. The van der Waals surface area contributed by atoms with Crippen LogP contribution in [-0.4, -0.2) is 32.6 Å². The highest BCUT2D eigenvalue weighted by atomic mass is 16.5. The van der Waals surface area contributed by atoms with Crippen LogP contribution in [0, 0.1) is 13.8 Å². The second-order valence-corrected chi connectivity index (χ2v) is 6.97. The second kappa shape index (κ2) is 7.82. The number of fused-ring (bicyclic) bond motifs is 1. The number of nitrogens with zero attached hydrogens (tertiary/aromatic N) is 4. The monoisotopic (exact) mass is 403 g/mol. The minimum absolute atomic E-state index is 0.106. The van der Waals surface area contributed by atoms with Crippen LogP contribution in [-0.2, 0) is 6.54 Å². The van der Waals surface area contributed by atoms with Gasteiger partial charge in [0.25, 0.3) is 17.2 Å². The Morgan fingerprint density at radius 1 is 1.10 bits per heavy atom. The van der Waals surface area contributed by atoms with Crippen molar-refractivity contribution in [2.75, 3.05) is 12.0 Å². The number of carbonyl (C=O) groups is 1. The Balaban J connectivity index is 1.79. The Labute approximate surface area is 172 Å². The van der Waals surface area contributed by atoms with Crippen molar-refractivity contribution in [3.05, 3.63) is 87.6 Å². The Morgan fingerprint density at radius 3 is 2.57 bits per heavy atom. The van der Waals surface area contributed by atoms with E-state index in [0.29, 0.717) is 28.5 Å². The molecule has 30 heavy (non-hydrogen) atoms. The lowest BCUT2D eigenvalue weighted by Gasteiger charge is -2.24. The molecule has 0 saturated carbocycles. The molecular weight excluding hydrogens is 382 g/mol. The van der Waals surface area contributed by atoms with Crippen LogP contribution in [0.3, 0.4) is 0 Å². The summed E-state index contributed by atoms with van der Waals surface area (Å²) in [5, 5.41) is 2.94. The SMILES string of the molecule is COc1ccccc1N(Cc1nc2nc(C)cc(=O)n2[nH]1)C(=O)c1ccc(C)cc1. The quantitative estimate of drug-likeness (QED) is 0.553. The summed E-state index contributed by atoms with van der Waals surface area (Å²) in [5.74, 6) is 1.03. The van der Waals surface area contributed by atoms with Gasteiger partial charge >= 0.3 is 0 Å². The zero-order valence-corrected chi connectivity index (χ0v) is 16.9. The first-order valence-electron chi connectivity index (χ1n) is 9.43. The molecule has 0 atom stereocenters. The molecule has 0 saturated heterocycles. The van der Waals surface area contributed by atoms with Crippen molar-refractivity contribution in [3.63, 3.8) is 0 Å². The Bertz CT molecular complexity index is 1270. The van der Waals surface area contributed by atoms with E-state index in [4.69, 9.17) is 4.74 Å². The van der Waals surface area contributed by atoms with Gasteiger partial charge in [-0.05, 0) is 38.1 Å². The molecule has 2 heterocycles. The van der Waals surface area contributed by atoms with Gasteiger partial charge in [-0.25, -0.2) is 4.98 Å². The van der Waals surface area contributed by atoms with Gasteiger partial charge in [0.15, 0.2) is 0 Å². The van der Waals surface area contributed by atoms with E-state index in [1.54, 1.807) is 37.1 Å². The second-order valence-electron chi connectivity index (χ2n) is 6.97. The van der Waals surface area contributed by atoms with Gasteiger partial charge in [0.1, 0.15) is 11.6 Å². The molecule has 2 aromatic carbocycles. The van der Waals surface area contributed by atoms with Crippen LogP contribution in [0.1, 0.15) is 27.4 Å². The van der Waals surface area contributed by atoms with E-state index in [0.717, 1.165) is 5.56 Å². The van der Waals surface area contributed by atoms with Crippen molar-refractivity contribution in [2.45, 2.75) is 20.4 Å². The normalized spacial score (nSPS) is 10.9. The molecule has 0 radical (unpaired) electrons. The van der Waals surface area contributed by atoms with E-state index in [9.17, 15) is 9.59 Å². The number of nitrogens with one attached hydrogen (secondary N) is 1. The van der Waals surface area contributed by atoms with Crippen LogP contribution in [0.15, 0.2) is 59.4 Å². The maximum Gasteiger partial charge on any atom is 0.274 e. The molecule has 4 aromatic rings. The number of methoxy groups -OCH3 is 1. The van der Waals surface area contributed by atoms with Crippen molar-refractivity contribution in [1.82, 2.24) is 19.6 Å². The largest absolute Gasteiger partial charge is 0.495 e. The van der Waals surface area contributed by atoms with Crippen LogP contribution < -0.4 is 15.2 Å². The molecule has 0 aliphatic rings. The highest BCUT2D eigenvalue weighted by Gasteiger charge is 2.23. The van der Waals surface area contributed by atoms with Crippen molar-refractivity contribution in [2.24, 2.45) is 0 Å². The van der Waals surface area contributed by atoms with Gasteiger partial charge in [-0.1, -0.05) is 29.8 Å². The van der Waals surface area contributed by atoms with E-state index in [-0.39, 0.29) is 23.8 Å². The van der Waals surface area contributed by atoms with E-state index >= 15 is 0 Å². The number of amides is 1. The summed E-state index contributed by atoms with van der Waals surface area (Å²) in [5.41, 5.74) is 2.52. The van der Waals surface area contributed by atoms with E-state index in [2.05, 4.69) is 15.1 Å². The van der Waals surface area contributed by atoms with Crippen LogP contribution in [0.5, 0.6) is 5.75 Å². The van der Waals surface area contributed by atoms with Gasteiger partial charge in [0.2, 0.25) is 0 Å². The number of ether oxygens (including phenoxy) is 1. The topological polar surface area (TPSA) is 92.6 Å². The third kappa shape index (κ3) is 3.67. The molecule has 0 spiro atoms. The minimum Gasteiger partial charge on any atom is -0.495 e. The van der Waals surface area contributed by atoms with Crippen molar-refractivity contribution in [1.29, 1.82) is 0 Å². The predicted molar refractivity (Wildman–Crippen MR) is 113 cm³/mol. The van der Waals surface area contributed by atoms with Crippen LogP contribution >= 0.6 is 0 Å². The van der Waals surface area contributed by atoms with Crippen molar-refractivity contribution in [3.8, 4) is 5.75 Å². The molecule has 0 unspecified atom stereocenters. The smallest absolute Gasteiger partial charge is 0.274 e.